The van der Waals surface area contributed by atoms with E-state index in [2.05, 4.69) is 20.8 Å². The highest BCUT2D eigenvalue weighted by atomic mass is 32.2. The van der Waals surface area contributed by atoms with Gasteiger partial charge in [-0.15, -0.1) is 0 Å². The van der Waals surface area contributed by atoms with Gasteiger partial charge in [-0.05, 0) is 49.7 Å². The number of nitrogens with one attached hydrogen (secondary N) is 2. The lowest BCUT2D eigenvalue weighted by molar-refractivity contribution is -0.139. The minimum atomic E-state index is -4.61. The van der Waals surface area contributed by atoms with Crippen LogP contribution in [0, 0.1) is 13.8 Å². The number of aryl methyl sites for hydroxylation is 2. The van der Waals surface area contributed by atoms with Gasteiger partial charge in [-0.1, -0.05) is 36.0 Å². The lowest BCUT2D eigenvalue weighted by Gasteiger charge is -2.13. The Morgan fingerprint density at radius 1 is 0.971 bits per heavy atom. The van der Waals surface area contributed by atoms with Crippen LogP contribution in [0.2, 0.25) is 0 Å². The first-order valence-electron chi connectivity index (χ1n) is 10.0. The fraction of sp³-hybridized carbons (Fsp3) is 0.217. The first-order chi connectivity index (χ1) is 16.1. The van der Waals surface area contributed by atoms with Gasteiger partial charge in [0.15, 0.2) is 11.8 Å². The number of rotatable bonds is 7. The Hall–Kier alpha value is -3.60. The number of aromatic nitrogens is 2. The summed E-state index contributed by atoms with van der Waals surface area (Å²) in [5.74, 6) is -1.26. The summed E-state index contributed by atoms with van der Waals surface area (Å²) in [6, 6.07) is 13.2. The summed E-state index contributed by atoms with van der Waals surface area (Å²) >= 11 is 1.47. The van der Waals surface area contributed by atoms with Gasteiger partial charge < -0.3 is 4.74 Å². The summed E-state index contributed by atoms with van der Waals surface area (Å²) in [5.41, 5.74) is 6.34. The van der Waals surface area contributed by atoms with E-state index in [4.69, 9.17) is 4.74 Å². The van der Waals surface area contributed by atoms with Crippen molar-refractivity contribution in [1.82, 2.24) is 20.8 Å². The lowest BCUT2D eigenvalue weighted by Crippen LogP contribution is -2.43. The molecule has 3 rings (SSSR count). The number of alkyl halides is 3. The van der Waals surface area contributed by atoms with E-state index in [1.165, 1.54) is 23.9 Å². The predicted molar refractivity (Wildman–Crippen MR) is 120 cm³/mol. The summed E-state index contributed by atoms with van der Waals surface area (Å²) < 4.78 is 43.9. The summed E-state index contributed by atoms with van der Waals surface area (Å²) in [4.78, 5) is 32.9. The van der Waals surface area contributed by atoms with Crippen LogP contribution in [-0.2, 0) is 16.7 Å². The zero-order chi connectivity index (χ0) is 24.7. The zero-order valence-corrected chi connectivity index (χ0v) is 19.1. The maximum Gasteiger partial charge on any atom is 0.419 e. The first-order valence-corrected chi connectivity index (χ1v) is 11.0. The van der Waals surface area contributed by atoms with Crippen LogP contribution in [0.3, 0.4) is 0 Å². The second-order valence-electron chi connectivity index (χ2n) is 7.20. The summed E-state index contributed by atoms with van der Waals surface area (Å²) in [7, 11) is 0. The van der Waals surface area contributed by atoms with Gasteiger partial charge in [0.25, 0.3) is 11.8 Å². The van der Waals surface area contributed by atoms with Crippen molar-refractivity contribution in [3.8, 4) is 5.75 Å². The SMILES string of the molecule is Cc1cc(C)nc(SCc2ccc(C(=O)NNC(=O)COc3ccccc3C(F)(F)F)cc2)n1. The predicted octanol–water partition coefficient (Wildman–Crippen LogP) is 4.24. The van der Waals surface area contributed by atoms with E-state index in [0.29, 0.717) is 16.5 Å². The number of carbonyl (C=O) groups is 2. The number of carbonyl (C=O) groups excluding carboxylic acids is 2. The average Bonchev–Trinajstić information content (AvgIpc) is 2.79. The van der Waals surface area contributed by atoms with Crippen molar-refractivity contribution in [2.45, 2.75) is 30.9 Å². The number of nitrogens with zero attached hydrogens (tertiary/aromatic N) is 2. The van der Waals surface area contributed by atoms with Gasteiger partial charge in [-0.2, -0.15) is 13.2 Å². The topological polar surface area (TPSA) is 93.2 Å². The van der Waals surface area contributed by atoms with Crippen molar-refractivity contribution in [3.63, 3.8) is 0 Å². The van der Waals surface area contributed by atoms with Crippen molar-refractivity contribution >= 4 is 23.6 Å². The normalized spacial score (nSPS) is 11.1. The minimum Gasteiger partial charge on any atom is -0.483 e. The number of benzene rings is 2. The highest BCUT2D eigenvalue weighted by Gasteiger charge is 2.34. The van der Waals surface area contributed by atoms with Gasteiger partial charge >= 0.3 is 6.18 Å². The molecular weight excluding hydrogens is 469 g/mol. The van der Waals surface area contributed by atoms with E-state index in [1.54, 1.807) is 24.3 Å². The van der Waals surface area contributed by atoms with Crippen molar-refractivity contribution in [2.75, 3.05) is 6.61 Å². The van der Waals surface area contributed by atoms with Crippen LogP contribution in [-0.4, -0.2) is 28.4 Å². The van der Waals surface area contributed by atoms with E-state index >= 15 is 0 Å². The molecule has 0 radical (unpaired) electrons. The highest BCUT2D eigenvalue weighted by Crippen LogP contribution is 2.35. The highest BCUT2D eigenvalue weighted by molar-refractivity contribution is 7.98. The van der Waals surface area contributed by atoms with Gasteiger partial charge in [0.2, 0.25) is 0 Å². The van der Waals surface area contributed by atoms with E-state index in [9.17, 15) is 22.8 Å². The second kappa shape index (κ2) is 11.0. The molecule has 2 aromatic carbocycles. The third-order valence-electron chi connectivity index (χ3n) is 4.41. The summed E-state index contributed by atoms with van der Waals surface area (Å²) in [6.07, 6.45) is -4.61. The van der Waals surface area contributed by atoms with Crippen LogP contribution >= 0.6 is 11.8 Å². The largest absolute Gasteiger partial charge is 0.483 e. The maximum absolute atomic E-state index is 13.0. The Morgan fingerprint density at radius 2 is 1.62 bits per heavy atom. The van der Waals surface area contributed by atoms with Crippen LogP contribution in [0.4, 0.5) is 13.2 Å². The molecule has 2 amide bonds. The molecule has 0 fully saturated rings. The molecular formula is C23H21F3N4O3S. The molecule has 0 saturated carbocycles. The molecule has 0 aliphatic carbocycles. The molecule has 0 spiro atoms. The summed E-state index contributed by atoms with van der Waals surface area (Å²) in [5, 5.41) is 0.669. The average molecular weight is 491 g/mol. The van der Waals surface area contributed by atoms with Crippen LogP contribution < -0.4 is 15.6 Å². The maximum atomic E-state index is 13.0. The molecule has 2 N–H and O–H groups in total. The van der Waals surface area contributed by atoms with Gasteiger partial charge in [-0.25, -0.2) is 9.97 Å². The third kappa shape index (κ3) is 7.20. The molecule has 178 valence electrons. The van der Waals surface area contributed by atoms with E-state index in [-0.39, 0.29) is 0 Å². The second-order valence-corrected chi connectivity index (χ2v) is 8.15. The molecule has 0 atom stereocenters. The first kappa shape index (κ1) is 25.0. The van der Waals surface area contributed by atoms with Crippen LogP contribution in [0.15, 0.2) is 59.8 Å². The van der Waals surface area contributed by atoms with E-state index in [0.717, 1.165) is 29.1 Å². The van der Waals surface area contributed by atoms with Gasteiger partial charge in [0, 0.05) is 22.7 Å². The van der Waals surface area contributed by atoms with Gasteiger partial charge in [0.05, 0.1) is 5.56 Å². The van der Waals surface area contributed by atoms with E-state index < -0.39 is 35.9 Å². The van der Waals surface area contributed by atoms with Crippen LogP contribution in [0.5, 0.6) is 5.75 Å². The Kier molecular flexibility index (Phi) is 8.11. The van der Waals surface area contributed by atoms with Crippen molar-refractivity contribution in [2.24, 2.45) is 0 Å². The molecule has 3 aromatic rings. The third-order valence-corrected chi connectivity index (χ3v) is 5.33. The molecule has 11 heteroatoms. The molecule has 0 unspecified atom stereocenters. The molecule has 7 nitrogen and oxygen atoms in total. The smallest absolute Gasteiger partial charge is 0.419 e. The number of hydrazine groups is 1. The van der Waals surface area contributed by atoms with Crippen molar-refractivity contribution < 1.29 is 27.5 Å². The molecule has 0 saturated heterocycles. The number of amides is 2. The van der Waals surface area contributed by atoms with Crippen molar-refractivity contribution in [1.29, 1.82) is 0 Å². The minimum absolute atomic E-state index is 0.292. The Morgan fingerprint density at radius 3 is 2.26 bits per heavy atom. The molecule has 1 heterocycles. The summed E-state index contributed by atoms with van der Waals surface area (Å²) in [6.45, 7) is 3.10. The number of para-hydroxylation sites is 1. The molecule has 0 aliphatic rings. The number of ether oxygens (including phenoxy) is 1. The number of hydrogen-bond acceptors (Lipinski definition) is 6. The standard InChI is InChI=1S/C23H21F3N4O3S/c1-14-11-15(2)28-22(27-14)34-13-16-7-9-17(10-8-16)21(32)30-29-20(31)12-33-19-6-4-3-5-18(19)23(24,25)26/h3-11H,12-13H2,1-2H3,(H,29,31)(H,30,32). The quantitative estimate of drug-likeness (QED) is 0.292. The number of halogens is 3. The Labute approximate surface area is 198 Å². The van der Waals surface area contributed by atoms with Crippen LogP contribution in [0.1, 0.15) is 32.9 Å². The fourth-order valence-electron chi connectivity index (χ4n) is 2.86. The number of hydrogen-bond donors (Lipinski definition) is 2. The zero-order valence-electron chi connectivity index (χ0n) is 18.3. The van der Waals surface area contributed by atoms with Crippen LogP contribution in [0.25, 0.3) is 0 Å². The number of thioether (sulfide) groups is 1. The molecule has 34 heavy (non-hydrogen) atoms. The molecule has 1 aromatic heterocycles. The Balaban J connectivity index is 1.47. The van der Waals surface area contributed by atoms with Gasteiger partial charge in [0.1, 0.15) is 5.75 Å². The van der Waals surface area contributed by atoms with E-state index in [1.807, 2.05) is 19.9 Å². The molecule has 0 bridgehead atoms. The Bertz CT molecular complexity index is 1150. The van der Waals surface area contributed by atoms with Gasteiger partial charge in [-0.3, -0.25) is 20.4 Å². The monoisotopic (exact) mass is 490 g/mol. The lowest BCUT2D eigenvalue weighted by atomic mass is 10.1. The fourth-order valence-corrected chi connectivity index (χ4v) is 3.77. The van der Waals surface area contributed by atoms with Crippen molar-refractivity contribution in [3.05, 3.63) is 82.7 Å². The molecule has 0 aliphatic heterocycles.